The van der Waals surface area contributed by atoms with Gasteiger partial charge in [-0.1, -0.05) is 48.7 Å². The largest absolute Gasteiger partial charge is 0.465 e. The van der Waals surface area contributed by atoms with E-state index < -0.39 is 35.0 Å². The van der Waals surface area contributed by atoms with Gasteiger partial charge in [-0.05, 0) is 63.3 Å². The Morgan fingerprint density at radius 3 is 2.51 bits per heavy atom. The Morgan fingerprint density at radius 1 is 0.974 bits per heavy atom. The van der Waals surface area contributed by atoms with E-state index in [1.54, 1.807) is 34.1 Å². The summed E-state index contributed by atoms with van der Waals surface area (Å²) in [6.45, 7) is 2.91. The number of anilines is 1. The molecule has 0 aliphatic carbocycles. The molecule has 0 saturated carbocycles. The van der Waals surface area contributed by atoms with Crippen molar-refractivity contribution in [1.82, 2.24) is 4.90 Å². The maximum absolute atomic E-state index is 14.4. The van der Waals surface area contributed by atoms with Gasteiger partial charge in [0.2, 0.25) is 5.91 Å². The summed E-state index contributed by atoms with van der Waals surface area (Å²) in [4.78, 5) is 45.5. The standard InChI is InChI=1S/C30H37ClN2O6/c1-29-15-6-2-5-9-20-38-28(37)24(29)23-26(35)33(17-7-3-4-8-19-34)25-27(36)32(18-10-16-30(23,25)39-29)22-13-11-21(31)12-14-22/h6,10-16,23-25,34H,2-5,7-9,17-20H2,1H3/b15-6-/t23-,24-,25?,29+,30-/m0/s1. The van der Waals surface area contributed by atoms with Crippen molar-refractivity contribution in [3.8, 4) is 0 Å². The van der Waals surface area contributed by atoms with Crippen LogP contribution in [-0.2, 0) is 23.9 Å². The van der Waals surface area contributed by atoms with Crippen LogP contribution in [0.15, 0.2) is 48.6 Å². The Balaban J connectivity index is 1.56. The molecule has 5 rings (SSSR count). The van der Waals surface area contributed by atoms with Crippen molar-refractivity contribution in [2.45, 2.75) is 69.1 Å². The van der Waals surface area contributed by atoms with Crippen LogP contribution in [0, 0.1) is 11.8 Å². The molecular formula is C30H37ClN2O6. The van der Waals surface area contributed by atoms with E-state index in [0.717, 1.165) is 32.1 Å². The molecule has 2 saturated heterocycles. The molecule has 1 spiro atoms. The zero-order valence-electron chi connectivity index (χ0n) is 22.4. The first-order valence-corrected chi connectivity index (χ1v) is 14.4. The van der Waals surface area contributed by atoms with Gasteiger partial charge in [0.1, 0.15) is 17.6 Å². The summed E-state index contributed by atoms with van der Waals surface area (Å²) in [5.74, 6) is -2.72. The molecule has 0 bridgehead atoms. The molecule has 8 nitrogen and oxygen atoms in total. The molecule has 2 fully saturated rings. The molecule has 0 radical (unpaired) electrons. The highest BCUT2D eigenvalue weighted by atomic mass is 35.5. The monoisotopic (exact) mass is 556 g/mol. The highest BCUT2D eigenvalue weighted by Gasteiger charge is 2.74. The molecule has 1 aromatic carbocycles. The van der Waals surface area contributed by atoms with Crippen molar-refractivity contribution in [3.63, 3.8) is 0 Å². The molecule has 1 unspecified atom stereocenters. The minimum absolute atomic E-state index is 0.125. The molecule has 1 aromatic rings. The first-order valence-electron chi connectivity index (χ1n) is 14.0. The number of halogens is 1. The molecule has 4 aliphatic rings. The predicted molar refractivity (Wildman–Crippen MR) is 147 cm³/mol. The van der Waals surface area contributed by atoms with Gasteiger partial charge in [-0.25, -0.2) is 0 Å². The molecule has 2 amide bonds. The first-order chi connectivity index (χ1) is 18.8. The van der Waals surface area contributed by atoms with Gasteiger partial charge in [0.15, 0.2) is 0 Å². The number of amides is 2. The Kier molecular flexibility index (Phi) is 8.17. The number of nitrogens with zero attached hydrogens (tertiary/aromatic N) is 2. The normalized spacial score (nSPS) is 33.3. The number of benzene rings is 1. The number of hydrogen-bond donors (Lipinski definition) is 1. The van der Waals surface area contributed by atoms with Crippen molar-refractivity contribution >= 4 is 35.1 Å². The lowest BCUT2D eigenvalue weighted by Gasteiger charge is -2.37. The van der Waals surface area contributed by atoms with E-state index in [4.69, 9.17) is 26.2 Å². The van der Waals surface area contributed by atoms with Crippen LogP contribution in [-0.4, -0.2) is 71.3 Å². The summed E-state index contributed by atoms with van der Waals surface area (Å²) in [5, 5.41) is 9.71. The van der Waals surface area contributed by atoms with Crippen LogP contribution in [0.25, 0.3) is 0 Å². The summed E-state index contributed by atoms with van der Waals surface area (Å²) in [5.41, 5.74) is -1.73. The lowest BCUT2D eigenvalue weighted by Crippen LogP contribution is -2.56. The van der Waals surface area contributed by atoms with Gasteiger partial charge in [-0.2, -0.15) is 0 Å². The number of ether oxygens (including phenoxy) is 2. The van der Waals surface area contributed by atoms with Crippen molar-refractivity contribution in [2.24, 2.45) is 11.8 Å². The summed E-state index contributed by atoms with van der Waals surface area (Å²) in [6.07, 6.45) is 13.1. The minimum Gasteiger partial charge on any atom is -0.465 e. The summed E-state index contributed by atoms with van der Waals surface area (Å²) in [6, 6.07) is 6.11. The third kappa shape index (κ3) is 5.03. The minimum atomic E-state index is -1.31. The number of rotatable bonds is 7. The molecule has 39 heavy (non-hydrogen) atoms. The number of allylic oxidation sites excluding steroid dienone is 1. The molecular weight excluding hydrogens is 520 g/mol. The average molecular weight is 557 g/mol. The van der Waals surface area contributed by atoms with Crippen molar-refractivity contribution in [1.29, 1.82) is 0 Å². The molecule has 4 aliphatic heterocycles. The number of carbonyl (C=O) groups is 3. The lowest BCUT2D eigenvalue weighted by atomic mass is 9.74. The topological polar surface area (TPSA) is 96.4 Å². The second kappa shape index (κ2) is 11.4. The van der Waals surface area contributed by atoms with Gasteiger partial charge >= 0.3 is 5.97 Å². The van der Waals surface area contributed by atoms with E-state index in [1.807, 2.05) is 31.2 Å². The fourth-order valence-electron chi connectivity index (χ4n) is 6.64. The van der Waals surface area contributed by atoms with Gasteiger partial charge in [0.25, 0.3) is 5.91 Å². The van der Waals surface area contributed by atoms with E-state index in [9.17, 15) is 14.4 Å². The third-order valence-electron chi connectivity index (χ3n) is 8.45. The second-order valence-electron chi connectivity index (χ2n) is 11.1. The van der Waals surface area contributed by atoms with Gasteiger partial charge in [0.05, 0.1) is 18.1 Å². The zero-order valence-corrected chi connectivity index (χ0v) is 23.1. The number of carbonyl (C=O) groups excluding carboxylic acids is 3. The highest BCUT2D eigenvalue weighted by Crippen LogP contribution is 2.57. The fourth-order valence-corrected chi connectivity index (χ4v) is 6.76. The second-order valence-corrected chi connectivity index (χ2v) is 11.5. The van der Waals surface area contributed by atoms with Crippen LogP contribution in [0.5, 0.6) is 0 Å². The van der Waals surface area contributed by atoms with Gasteiger partial charge in [-0.15, -0.1) is 0 Å². The summed E-state index contributed by atoms with van der Waals surface area (Å²) in [7, 11) is 0. The van der Waals surface area contributed by atoms with Crippen LogP contribution >= 0.6 is 11.6 Å². The highest BCUT2D eigenvalue weighted by molar-refractivity contribution is 6.30. The number of aliphatic hydroxyl groups is 1. The Labute approximate surface area is 234 Å². The van der Waals surface area contributed by atoms with Crippen molar-refractivity contribution in [2.75, 3.05) is 31.2 Å². The molecule has 210 valence electrons. The van der Waals surface area contributed by atoms with Gasteiger partial charge < -0.3 is 24.4 Å². The Hall–Kier alpha value is -2.68. The fraction of sp³-hybridized carbons (Fsp3) is 0.567. The number of likely N-dealkylation sites (tertiary alicyclic amines) is 1. The van der Waals surface area contributed by atoms with Crippen LogP contribution in [0.1, 0.15) is 51.9 Å². The molecule has 5 atom stereocenters. The maximum Gasteiger partial charge on any atom is 0.313 e. The zero-order chi connectivity index (χ0) is 27.6. The molecule has 4 heterocycles. The van der Waals surface area contributed by atoms with E-state index in [0.29, 0.717) is 43.2 Å². The number of esters is 1. The predicted octanol–water partition coefficient (Wildman–Crippen LogP) is 4.05. The van der Waals surface area contributed by atoms with Crippen LogP contribution in [0.3, 0.4) is 0 Å². The van der Waals surface area contributed by atoms with Crippen LogP contribution < -0.4 is 4.90 Å². The van der Waals surface area contributed by atoms with E-state index in [-0.39, 0.29) is 18.4 Å². The summed E-state index contributed by atoms with van der Waals surface area (Å²) >= 11 is 6.11. The van der Waals surface area contributed by atoms with Gasteiger partial charge in [0, 0.05) is 30.4 Å². The number of unbranched alkanes of at least 4 members (excludes halogenated alkanes) is 3. The van der Waals surface area contributed by atoms with Crippen LogP contribution in [0.2, 0.25) is 5.02 Å². The Morgan fingerprint density at radius 2 is 1.74 bits per heavy atom. The average Bonchev–Trinajstić information content (AvgIpc) is 3.24. The van der Waals surface area contributed by atoms with E-state index in [2.05, 4.69) is 0 Å². The SMILES string of the molecule is C[C@@]12/C=C\CCCCOC(=O)[C@@H]1[C@H]1C(=O)N(CCCCCCO)C3C(=O)N(c4ccc(Cl)cc4)CC=C[C@@]31O2. The number of cyclic esters (lactones) is 1. The summed E-state index contributed by atoms with van der Waals surface area (Å²) < 4.78 is 12.5. The maximum atomic E-state index is 14.4. The molecule has 9 heteroatoms. The molecule has 0 aromatic heterocycles. The molecule has 1 N–H and O–H groups in total. The smallest absolute Gasteiger partial charge is 0.313 e. The Bertz CT molecular complexity index is 1150. The number of hydrogen-bond acceptors (Lipinski definition) is 6. The quantitative estimate of drug-likeness (QED) is 0.309. The van der Waals surface area contributed by atoms with Crippen LogP contribution in [0.4, 0.5) is 5.69 Å². The number of aliphatic hydroxyl groups excluding tert-OH is 1. The van der Waals surface area contributed by atoms with E-state index >= 15 is 0 Å². The number of fused-ring (bicyclic) bond motifs is 2. The lowest BCUT2D eigenvalue weighted by molar-refractivity contribution is -0.158. The van der Waals surface area contributed by atoms with E-state index in [1.165, 1.54) is 0 Å². The third-order valence-corrected chi connectivity index (χ3v) is 8.70. The van der Waals surface area contributed by atoms with Crippen molar-refractivity contribution < 1.29 is 29.0 Å². The first kappa shape index (κ1) is 27.9. The van der Waals surface area contributed by atoms with Crippen molar-refractivity contribution in [3.05, 3.63) is 53.6 Å². The van der Waals surface area contributed by atoms with Gasteiger partial charge in [-0.3, -0.25) is 14.4 Å².